The molecule has 1 heterocycles. The fourth-order valence-corrected chi connectivity index (χ4v) is 37.5. The lowest BCUT2D eigenvalue weighted by Gasteiger charge is -2.73. The van der Waals surface area contributed by atoms with Gasteiger partial charge in [0.1, 0.15) is 13.2 Å². The highest BCUT2D eigenvalue weighted by atomic mass is 16.6. The van der Waals surface area contributed by atoms with Crippen LogP contribution in [-0.4, -0.2) is 98.8 Å². The Morgan fingerprint density at radius 1 is 0.388 bits per heavy atom. The van der Waals surface area contributed by atoms with Gasteiger partial charge in [-0.2, -0.15) is 0 Å². The van der Waals surface area contributed by atoms with E-state index in [1.54, 1.807) is 0 Å². The summed E-state index contributed by atoms with van der Waals surface area (Å²) >= 11 is 0. The van der Waals surface area contributed by atoms with Crippen LogP contribution in [0.1, 0.15) is 315 Å². The van der Waals surface area contributed by atoms with Crippen LogP contribution in [0.3, 0.4) is 0 Å². The van der Waals surface area contributed by atoms with Crippen LogP contribution in [0.5, 0.6) is 0 Å². The number of epoxide rings is 1. The van der Waals surface area contributed by atoms with Crippen molar-refractivity contribution in [2.24, 2.45) is 170 Å². The molecule has 15 aliphatic carbocycles. The summed E-state index contributed by atoms with van der Waals surface area (Å²) in [6.07, 6.45) is 32.8. The molecule has 0 spiro atoms. The van der Waals surface area contributed by atoms with Crippen LogP contribution >= 0.6 is 0 Å². The van der Waals surface area contributed by atoms with Gasteiger partial charge in [0.15, 0.2) is 0 Å². The maximum atomic E-state index is 11.1. The largest absolute Gasteiger partial charge is 0.512 e. The van der Waals surface area contributed by atoms with Crippen molar-refractivity contribution in [1.29, 1.82) is 0 Å². The molecule has 15 saturated carbocycles. The van der Waals surface area contributed by atoms with E-state index in [9.17, 15) is 35.7 Å². The number of ether oxygens (including phenoxy) is 4. The summed E-state index contributed by atoms with van der Waals surface area (Å²) in [5.74, 6) is 10.2. The topological polar surface area (TPSA) is 182 Å². The molecule has 2 aromatic carbocycles. The number of hydrogen-bond acceptors (Lipinski definition) is 11. The van der Waals surface area contributed by atoms with Gasteiger partial charge in [-0.3, -0.25) is 0 Å². The highest BCUT2D eigenvalue weighted by Gasteiger charge is 2.77. The van der Waals surface area contributed by atoms with Crippen LogP contribution in [0.25, 0.3) is 0 Å². The second-order valence-corrected chi connectivity index (χ2v) is 48.9. The lowest BCUT2D eigenvalue weighted by molar-refractivity contribution is -0.255. The molecule has 11 nitrogen and oxygen atoms in total. The number of aliphatic hydroxyl groups is 7. The van der Waals surface area contributed by atoms with Crippen molar-refractivity contribution in [2.75, 3.05) is 33.0 Å². The smallest absolute Gasteiger partial charge is 0.113 e. The predicted molar refractivity (Wildman–Crippen MR) is 487 cm³/mol. The van der Waals surface area contributed by atoms with Gasteiger partial charge in [-0.15, -0.1) is 0 Å². The highest BCUT2D eigenvalue weighted by molar-refractivity contribution is 5.32. The van der Waals surface area contributed by atoms with Crippen molar-refractivity contribution in [3.05, 3.63) is 133 Å². The van der Waals surface area contributed by atoms with Gasteiger partial charge in [0.25, 0.3) is 0 Å². The number of aliphatic hydroxyl groups excluding tert-OH is 7. The highest BCUT2D eigenvalue weighted by Crippen LogP contribution is 2.83. The quantitative estimate of drug-likeness (QED) is 0.0429. The molecule has 16 aliphatic rings. The van der Waals surface area contributed by atoms with E-state index in [1.807, 2.05) is 0 Å². The van der Waals surface area contributed by atoms with Gasteiger partial charge in [0.2, 0.25) is 0 Å². The Hall–Kier alpha value is -3.78. The Balaban J connectivity index is 0.000000135. The summed E-state index contributed by atoms with van der Waals surface area (Å²) < 4.78 is 25.5. The number of benzene rings is 2. The zero-order chi connectivity index (χ0) is 87.1. The van der Waals surface area contributed by atoms with E-state index in [0.29, 0.717) is 114 Å². The lowest BCUT2D eigenvalue weighted by atomic mass is 9.32. The molecule has 16 fully saturated rings. The SMILES string of the molecule is C=C(C)[C@@H]1CC[C@]2(C(=C)OCc3ccccc3)CC[C@]3(C)C(CCC4[C@@]5(C)CC[C@H](O)[C@@](C)(CO)[C@@H]5CC[C@]43C)[C@@H]12.C=C(COC(C)C)[C@@H]1CC[C@]2(C(=C)O)CC[C@]3(C)C(CC[C@@H]4[C@@]5(C)CC[C@H](O)[C@@](C)(CO)[C@@H]5CC[C@]43C)[C@@H]12.C=C(OCc1ccccc1)[C@]12CC[C@@H](C3(C)CO3)[C@@H]1C1CCC3[C@@]4(C)CC[C@H](O)[C@@](C)(CO)[C@@H]4CC[C@@]3(C)[C@]1(C)CC2. The molecule has 1 saturated heterocycles. The third kappa shape index (κ3) is 13.1. The van der Waals surface area contributed by atoms with Crippen molar-refractivity contribution in [2.45, 2.75) is 347 Å². The van der Waals surface area contributed by atoms with Gasteiger partial charge < -0.3 is 54.7 Å². The maximum Gasteiger partial charge on any atom is 0.113 e. The number of fused-ring (bicyclic) bond motifs is 21. The summed E-state index contributed by atoms with van der Waals surface area (Å²) in [5, 5.41) is 76.0. The first-order chi connectivity index (χ1) is 57.0. The second-order valence-electron chi connectivity index (χ2n) is 48.9. The number of rotatable bonds is 18. The summed E-state index contributed by atoms with van der Waals surface area (Å²) in [6.45, 7) is 64.4. The first-order valence-corrected chi connectivity index (χ1v) is 49.5. The Bertz CT molecular complexity index is 4170. The van der Waals surface area contributed by atoms with Crippen LogP contribution in [0.4, 0.5) is 0 Å². The minimum absolute atomic E-state index is 0.00815. The van der Waals surface area contributed by atoms with Crippen molar-refractivity contribution < 1.29 is 54.7 Å². The van der Waals surface area contributed by atoms with Gasteiger partial charge in [0.05, 0.1) is 80.3 Å². The fraction of sp³-hybridized carbons (Fsp3) is 0.800. The monoisotopic (exact) mass is 1670 g/mol. The van der Waals surface area contributed by atoms with Crippen molar-refractivity contribution in [1.82, 2.24) is 0 Å². The maximum absolute atomic E-state index is 11.1. The van der Waals surface area contributed by atoms with Gasteiger partial charge >= 0.3 is 0 Å². The van der Waals surface area contributed by atoms with Gasteiger partial charge in [-0.1, -0.05) is 182 Å². The van der Waals surface area contributed by atoms with E-state index in [-0.39, 0.29) is 96.5 Å². The van der Waals surface area contributed by atoms with E-state index in [0.717, 1.165) is 114 Å². The summed E-state index contributed by atoms with van der Waals surface area (Å²) in [4.78, 5) is 0. The average molecular weight is 1670 g/mol. The average Bonchev–Trinajstić information content (AvgIpc) is 1.67. The molecule has 0 bridgehead atoms. The Labute approximate surface area is 733 Å². The summed E-state index contributed by atoms with van der Waals surface area (Å²) in [5.41, 5.74) is 5.52. The Kier molecular flexibility index (Phi) is 23.6. The molecule has 18 rings (SSSR count). The van der Waals surface area contributed by atoms with Crippen molar-refractivity contribution in [3.63, 3.8) is 0 Å². The summed E-state index contributed by atoms with van der Waals surface area (Å²) in [6, 6.07) is 21.1. The first kappa shape index (κ1) is 90.6. The normalized spacial score (nSPS) is 51.2. The van der Waals surface area contributed by atoms with E-state index < -0.39 is 34.6 Å². The third-order valence-corrected chi connectivity index (χ3v) is 45.0. The van der Waals surface area contributed by atoms with Crippen LogP contribution in [0, 0.1) is 170 Å². The molecule has 34 atom stereocenters. The minimum atomic E-state index is -0.411. The van der Waals surface area contributed by atoms with E-state index in [1.165, 1.54) is 119 Å². The molecule has 0 amide bonds. The number of allylic oxidation sites excluding steroid dienone is 4. The molecule has 11 heteroatoms. The van der Waals surface area contributed by atoms with E-state index in [2.05, 4.69) is 198 Å². The molecule has 121 heavy (non-hydrogen) atoms. The van der Waals surface area contributed by atoms with Gasteiger partial charge in [0, 0.05) is 32.5 Å². The standard InChI is InChI=1S/C38H56O4.C38H56O3.C34H56O4/c1-25(41-22-26-10-8-7-9-11-26)38-19-14-28(37(6)24-42-37)32(38)27-12-13-30-33(2)17-16-31(40)34(3,23-39)29(33)15-18-36(30,5)35(27,4)20-21-38;1-25(2)28-15-20-38(26(3)41-23-27-11-9-8-10-12-27)22-21-36(6)29(33(28)38)13-14-31-34(4)18-17-32(40)35(5,24-39)30(34)16-19-37(31,36)7;1-21(2)38-19-22(3)24-11-16-34(23(4)36)18-17-32(7)25(29(24)34)9-10-27-30(5)14-13-28(37)31(6,20-35)26(30)12-15-33(27,32)8/h7-11,27-32,39-40H,1,12-24H2,2-6H3;8-12,28-33,39-40H,1,3,13-24H2,2,4-7H3;21,24-29,35-37H,3-4,9-20H2,1-2,5-8H3/t27?,28-,29-,30?,31+,32+,33+,34+,35-,36-,37?,38-;28-,29?,30+,31?,32-,33+,34-,35-,36+,37+,38+;24-,25?,26+,27+,28-,29+,30-,31-,32+,33+,34+/m100/s1. The van der Waals surface area contributed by atoms with E-state index in [4.69, 9.17) is 25.5 Å². The van der Waals surface area contributed by atoms with Crippen molar-refractivity contribution >= 4 is 0 Å². The molecule has 0 radical (unpaired) electrons. The van der Waals surface area contributed by atoms with Crippen LogP contribution in [0.15, 0.2) is 122 Å². The molecule has 0 aromatic heterocycles. The number of hydrogen-bond donors (Lipinski definition) is 7. The van der Waals surface area contributed by atoms with Gasteiger partial charge in [-0.25, -0.2) is 0 Å². The van der Waals surface area contributed by atoms with Crippen molar-refractivity contribution in [3.8, 4) is 0 Å². The van der Waals surface area contributed by atoms with E-state index >= 15 is 0 Å². The van der Waals surface area contributed by atoms with Crippen LogP contribution in [-0.2, 0) is 32.2 Å². The first-order valence-electron chi connectivity index (χ1n) is 49.5. The van der Waals surface area contributed by atoms with Gasteiger partial charge in [-0.05, 0) is 375 Å². The molecule has 674 valence electrons. The van der Waals surface area contributed by atoms with Crippen LogP contribution < -0.4 is 0 Å². The zero-order valence-corrected chi connectivity index (χ0v) is 78.7. The third-order valence-electron chi connectivity index (χ3n) is 45.0. The summed E-state index contributed by atoms with van der Waals surface area (Å²) in [7, 11) is 0. The predicted octanol–water partition coefficient (Wildman–Crippen LogP) is 24.1. The minimum Gasteiger partial charge on any atom is -0.512 e. The Morgan fingerprint density at radius 3 is 1.10 bits per heavy atom. The Morgan fingerprint density at radius 2 is 0.736 bits per heavy atom. The molecule has 1 aliphatic heterocycles. The molecule has 2 aromatic rings. The molecular weight excluding hydrogens is 1500 g/mol. The zero-order valence-electron chi connectivity index (χ0n) is 78.7. The lowest BCUT2D eigenvalue weighted by Crippen LogP contribution is -2.67. The second kappa shape index (κ2) is 31.5. The van der Waals surface area contributed by atoms with Crippen LogP contribution in [0.2, 0.25) is 0 Å². The molecule has 6 unspecified atom stereocenters. The fourth-order valence-electron chi connectivity index (χ4n) is 37.5. The molecular formula is C110H168O11. The molecule has 7 N–H and O–H groups in total.